The molecule has 11 rings (SSSR count). The van der Waals surface area contributed by atoms with Crippen LogP contribution in [0.5, 0.6) is 0 Å². The number of thiophene rings is 1. The van der Waals surface area contributed by atoms with Crippen LogP contribution in [-0.4, -0.2) is 98.5 Å². The van der Waals surface area contributed by atoms with E-state index in [0.29, 0.717) is 40.3 Å². The molecule has 19 heteroatoms. The van der Waals surface area contributed by atoms with E-state index in [9.17, 15) is 4.79 Å². The maximum Gasteiger partial charge on any atom is 0.333 e. The Morgan fingerprint density at radius 3 is 2.06 bits per heavy atom. The van der Waals surface area contributed by atoms with Gasteiger partial charge in [-0.2, -0.15) is 36.8 Å². The Bertz CT molecular complexity index is 3210. The summed E-state index contributed by atoms with van der Waals surface area (Å²) < 4.78 is 64.2. The third kappa shape index (κ3) is 8.12. The summed E-state index contributed by atoms with van der Waals surface area (Å²) in [5.41, 5.74) is 4.02. The second-order valence-electron chi connectivity index (χ2n) is 16.0. The van der Waals surface area contributed by atoms with E-state index in [1.165, 1.54) is 40.9 Å². The average Bonchev–Trinajstić information content (AvgIpc) is 4.19. The van der Waals surface area contributed by atoms with Gasteiger partial charge in [0.05, 0.1) is 25.2 Å². The van der Waals surface area contributed by atoms with Crippen LogP contribution in [0.15, 0.2) is 97.3 Å². The zero-order valence-electron chi connectivity index (χ0n) is 35.2. The molecule has 0 N–H and O–H groups in total. The summed E-state index contributed by atoms with van der Waals surface area (Å²) in [5.74, 6) is -7.78. The molecule has 9 aromatic rings. The van der Waals surface area contributed by atoms with E-state index in [0.717, 1.165) is 80.1 Å². The number of likely N-dealkylation sites (N-methyl/N-ethyl adjacent to an activating group) is 1. The van der Waals surface area contributed by atoms with Crippen molar-refractivity contribution in [3.05, 3.63) is 141 Å². The second-order valence-corrected chi connectivity index (χ2v) is 18.2. The molecule has 8 heterocycles. The molecule has 1 amide bonds. The lowest BCUT2D eigenvalue weighted by Crippen LogP contribution is -2.46. The van der Waals surface area contributed by atoms with Crippen molar-refractivity contribution >= 4 is 50.8 Å². The minimum Gasteiger partial charge on any atom is -0.335 e. The molecule has 0 saturated carbocycles. The number of fused-ring (bicyclic) bond motifs is 4. The molecule has 0 bridgehead atoms. The lowest BCUT2D eigenvalue weighted by atomic mass is 10.0. The van der Waals surface area contributed by atoms with Crippen LogP contribution in [0.2, 0.25) is 0 Å². The number of aromatic nitrogens is 10. The number of nitrogens with zero attached hydrogens (tertiary/aromatic N) is 12. The molecule has 1 aliphatic heterocycles. The Hall–Kier alpha value is -6.57. The second kappa shape index (κ2) is 17.1. The molecular formula is C46H40F4N12OS2. The van der Waals surface area contributed by atoms with Gasteiger partial charge < -0.3 is 9.80 Å². The fraction of sp³-hybridized carbons (Fsp3) is 0.283. The number of hydrogen-bond acceptors (Lipinski definition) is 12. The van der Waals surface area contributed by atoms with Crippen molar-refractivity contribution in [1.82, 2.24) is 59.4 Å². The highest BCUT2D eigenvalue weighted by atomic mass is 32.1. The van der Waals surface area contributed by atoms with Gasteiger partial charge in [-0.25, -0.2) is 4.98 Å². The number of benzene rings is 2. The van der Waals surface area contributed by atoms with Gasteiger partial charge in [0.2, 0.25) is 11.6 Å². The normalized spacial score (nSPS) is 14.6. The average molecular weight is 917 g/mol. The standard InChI is InChI=1S/C25H24F2N6OS.C21H16F2N6S/c1-31-11-13-32(14-12-31)23(34)21-9-8-20(35-21)19-7-10-22-28-29-24(33(22)30-19)25(26,27)18-6-5-16-3-2-4-17(16)15-18;1-2-4-19-25-12-17(30-19)16-8-9-18-26-27-20(29(18)28-16)21(22,23)14-6-7-15-13(11-14)5-3-10-24-15/h5-10,15H,2-4,11-14H2,1H3;3,5-12H,2,4H2,1H3. The first kappa shape index (κ1) is 42.4. The van der Waals surface area contributed by atoms with Crippen molar-refractivity contribution in [2.75, 3.05) is 33.2 Å². The third-order valence-electron chi connectivity index (χ3n) is 11.6. The number of thiazole rings is 1. The van der Waals surface area contributed by atoms with Crippen LogP contribution in [0.1, 0.15) is 68.3 Å². The highest BCUT2D eigenvalue weighted by Crippen LogP contribution is 2.39. The number of alkyl halides is 4. The molecule has 0 radical (unpaired) electrons. The predicted octanol–water partition coefficient (Wildman–Crippen LogP) is 8.76. The van der Waals surface area contributed by atoms with Crippen LogP contribution in [0.25, 0.3) is 43.3 Å². The van der Waals surface area contributed by atoms with E-state index < -0.39 is 23.5 Å². The van der Waals surface area contributed by atoms with E-state index in [2.05, 4.69) is 52.4 Å². The number of halogens is 4. The van der Waals surface area contributed by atoms with Gasteiger partial charge >= 0.3 is 11.8 Å². The van der Waals surface area contributed by atoms with Gasteiger partial charge in [-0.3, -0.25) is 9.78 Å². The molecule has 0 atom stereocenters. The maximum absolute atomic E-state index is 15.6. The minimum atomic E-state index is -3.38. The van der Waals surface area contributed by atoms with E-state index >= 15 is 17.6 Å². The minimum absolute atomic E-state index is 0.0106. The van der Waals surface area contributed by atoms with Crippen LogP contribution in [0.3, 0.4) is 0 Å². The van der Waals surface area contributed by atoms with E-state index in [1.54, 1.807) is 73.1 Å². The Kier molecular flexibility index (Phi) is 11.1. The van der Waals surface area contributed by atoms with Crippen molar-refractivity contribution in [2.24, 2.45) is 0 Å². The molecule has 330 valence electrons. The van der Waals surface area contributed by atoms with Crippen LogP contribution in [0, 0.1) is 0 Å². The van der Waals surface area contributed by atoms with Gasteiger partial charge in [-0.05, 0) is 111 Å². The van der Waals surface area contributed by atoms with Gasteiger partial charge in [-0.1, -0.05) is 31.2 Å². The lowest BCUT2D eigenvalue weighted by molar-refractivity contribution is 0.0302. The number of carbonyl (C=O) groups is 1. The number of rotatable bonds is 9. The molecule has 1 fully saturated rings. The van der Waals surface area contributed by atoms with Crippen LogP contribution >= 0.6 is 22.7 Å². The van der Waals surface area contributed by atoms with Gasteiger partial charge in [0, 0.05) is 55.1 Å². The Labute approximate surface area is 377 Å². The van der Waals surface area contributed by atoms with Crippen LogP contribution in [0.4, 0.5) is 17.6 Å². The smallest absolute Gasteiger partial charge is 0.333 e. The molecule has 2 aromatic carbocycles. The van der Waals surface area contributed by atoms with Crippen molar-refractivity contribution < 1.29 is 22.4 Å². The number of piperazine rings is 1. The summed E-state index contributed by atoms with van der Waals surface area (Å²) in [6.45, 7) is 5.15. The van der Waals surface area contributed by atoms with Crippen molar-refractivity contribution in [3.8, 4) is 21.1 Å². The number of carbonyl (C=O) groups excluding carboxylic acids is 1. The number of pyridine rings is 1. The summed E-state index contributed by atoms with van der Waals surface area (Å²) >= 11 is 2.82. The first-order valence-electron chi connectivity index (χ1n) is 21.2. The van der Waals surface area contributed by atoms with Crippen LogP contribution in [-0.2, 0) is 31.1 Å². The Morgan fingerprint density at radius 2 is 1.35 bits per heavy atom. The topological polar surface area (TPSA) is 135 Å². The first-order chi connectivity index (χ1) is 31.5. The van der Waals surface area contributed by atoms with Gasteiger partial charge in [0.1, 0.15) is 11.4 Å². The van der Waals surface area contributed by atoms with Gasteiger partial charge in [-0.15, -0.1) is 43.1 Å². The Morgan fingerprint density at radius 1 is 0.692 bits per heavy atom. The van der Waals surface area contributed by atoms with Crippen molar-refractivity contribution in [2.45, 2.75) is 50.9 Å². The monoisotopic (exact) mass is 916 g/mol. The summed E-state index contributed by atoms with van der Waals surface area (Å²) in [7, 11) is 2.04. The number of amides is 1. The molecule has 1 saturated heterocycles. The lowest BCUT2D eigenvalue weighted by Gasteiger charge is -2.32. The third-order valence-corrected chi connectivity index (χ3v) is 13.8. The summed E-state index contributed by atoms with van der Waals surface area (Å²) in [4.78, 5) is 27.7. The zero-order chi connectivity index (χ0) is 44.9. The molecule has 1 aliphatic carbocycles. The molecule has 65 heavy (non-hydrogen) atoms. The van der Waals surface area contributed by atoms with Gasteiger partial charge in [0.25, 0.3) is 5.91 Å². The largest absolute Gasteiger partial charge is 0.335 e. The van der Waals surface area contributed by atoms with Crippen molar-refractivity contribution in [3.63, 3.8) is 0 Å². The molecule has 2 aliphatic rings. The Balaban J connectivity index is 0.000000155. The van der Waals surface area contributed by atoms with Crippen LogP contribution < -0.4 is 0 Å². The molecule has 7 aromatic heterocycles. The first-order valence-corrected chi connectivity index (χ1v) is 22.8. The quantitative estimate of drug-likeness (QED) is 0.129. The highest BCUT2D eigenvalue weighted by molar-refractivity contribution is 7.17. The van der Waals surface area contributed by atoms with E-state index in [-0.39, 0.29) is 28.3 Å². The summed E-state index contributed by atoms with van der Waals surface area (Å²) in [6, 6.07) is 23.0. The molecule has 13 nitrogen and oxygen atoms in total. The maximum atomic E-state index is 15.6. The SMILES string of the molecule is CCCc1ncc(-c2ccc3nnc(C(F)(F)c4ccc5ncccc5c4)n3n2)s1.CN1CCN(C(=O)c2ccc(-c3ccc4nnc(C(F)(F)c5ccc6c(c5)CCC6)n4n3)s2)CC1. The summed E-state index contributed by atoms with van der Waals surface area (Å²) in [5, 5.41) is 25.9. The number of hydrogen-bond donors (Lipinski definition) is 0. The van der Waals surface area contributed by atoms with E-state index in [1.807, 2.05) is 18.0 Å². The molecular weight excluding hydrogens is 877 g/mol. The fourth-order valence-corrected chi connectivity index (χ4v) is 9.97. The zero-order valence-corrected chi connectivity index (χ0v) is 36.8. The molecule has 0 unspecified atom stereocenters. The van der Waals surface area contributed by atoms with Gasteiger partial charge in [0.15, 0.2) is 11.3 Å². The molecule has 0 spiro atoms. The predicted molar refractivity (Wildman–Crippen MR) is 240 cm³/mol. The van der Waals surface area contributed by atoms with Crippen molar-refractivity contribution in [1.29, 1.82) is 0 Å². The summed E-state index contributed by atoms with van der Waals surface area (Å²) in [6.07, 6.45) is 7.95. The van der Waals surface area contributed by atoms with E-state index in [4.69, 9.17) is 0 Å². The fourth-order valence-electron chi connectivity index (χ4n) is 8.04. The number of aryl methyl sites for hydroxylation is 3. The highest BCUT2D eigenvalue weighted by Gasteiger charge is 2.42.